The zero-order valence-corrected chi connectivity index (χ0v) is 10.6. The minimum absolute atomic E-state index is 0.0664. The normalized spacial score (nSPS) is 13.8. The Morgan fingerprint density at radius 2 is 1.68 bits per heavy atom. The van der Waals surface area contributed by atoms with Gasteiger partial charge in [-0.25, -0.2) is 0 Å². The second kappa shape index (κ2) is 5.11. The molecule has 0 aromatic heterocycles. The molecule has 2 nitrogen and oxygen atoms in total. The van der Waals surface area contributed by atoms with E-state index < -0.39 is 0 Å². The smallest absolute Gasteiger partial charge is 0.258 e. The number of anilines is 1. The Hall–Kier alpha value is -2.35. The molecule has 3 rings (SSSR count). The maximum Gasteiger partial charge on any atom is 0.258 e. The molecule has 1 heterocycles. The summed E-state index contributed by atoms with van der Waals surface area (Å²) in [6, 6.07) is 17.5. The lowest BCUT2D eigenvalue weighted by atomic mass is 10.1. The van der Waals surface area contributed by atoms with Crippen molar-refractivity contribution in [1.29, 1.82) is 0 Å². The van der Waals surface area contributed by atoms with Crippen molar-refractivity contribution in [2.24, 2.45) is 0 Å². The summed E-state index contributed by atoms with van der Waals surface area (Å²) in [5, 5.41) is 0. The Kier molecular flexibility index (Phi) is 3.15. The first-order valence-electron chi connectivity index (χ1n) is 6.49. The fraction of sp³-hybridized carbons (Fsp3) is 0.118. The van der Waals surface area contributed by atoms with Gasteiger partial charge in [-0.1, -0.05) is 48.6 Å². The second-order valence-electron chi connectivity index (χ2n) is 4.57. The molecule has 2 aromatic carbocycles. The molecule has 0 saturated heterocycles. The minimum atomic E-state index is 0.0664. The third kappa shape index (κ3) is 2.29. The molecule has 0 N–H and O–H groups in total. The van der Waals surface area contributed by atoms with E-state index in [2.05, 4.69) is 12.2 Å². The van der Waals surface area contributed by atoms with Gasteiger partial charge in [0.25, 0.3) is 5.91 Å². The maximum atomic E-state index is 12.6. The molecule has 0 fully saturated rings. The van der Waals surface area contributed by atoms with Gasteiger partial charge in [0, 0.05) is 12.1 Å². The molecule has 0 spiro atoms. The van der Waals surface area contributed by atoms with Gasteiger partial charge in [0.1, 0.15) is 0 Å². The van der Waals surface area contributed by atoms with Crippen molar-refractivity contribution in [3.05, 3.63) is 71.8 Å². The van der Waals surface area contributed by atoms with Gasteiger partial charge in [-0.15, -0.1) is 0 Å². The van der Waals surface area contributed by atoms with Crippen LogP contribution in [0.25, 0.3) is 6.08 Å². The van der Waals surface area contributed by atoms with Gasteiger partial charge in [-0.2, -0.15) is 0 Å². The average molecular weight is 249 g/mol. The van der Waals surface area contributed by atoms with Crippen LogP contribution < -0.4 is 4.90 Å². The lowest BCUT2D eigenvalue weighted by Crippen LogP contribution is -2.31. The van der Waals surface area contributed by atoms with E-state index in [1.807, 2.05) is 59.5 Å². The van der Waals surface area contributed by atoms with E-state index >= 15 is 0 Å². The highest BCUT2D eigenvalue weighted by Crippen LogP contribution is 2.26. The van der Waals surface area contributed by atoms with Crippen molar-refractivity contribution >= 4 is 17.7 Å². The van der Waals surface area contributed by atoms with Crippen LogP contribution in [0.5, 0.6) is 0 Å². The molecule has 2 aromatic rings. The first-order chi connectivity index (χ1) is 9.36. The van der Waals surface area contributed by atoms with Gasteiger partial charge < -0.3 is 4.90 Å². The molecule has 0 atom stereocenters. The van der Waals surface area contributed by atoms with Crippen molar-refractivity contribution in [1.82, 2.24) is 0 Å². The third-order valence-corrected chi connectivity index (χ3v) is 3.31. The van der Waals surface area contributed by atoms with E-state index in [-0.39, 0.29) is 5.91 Å². The second-order valence-corrected chi connectivity index (χ2v) is 4.57. The quantitative estimate of drug-likeness (QED) is 0.753. The van der Waals surface area contributed by atoms with Gasteiger partial charge in [0.05, 0.1) is 5.69 Å². The van der Waals surface area contributed by atoms with Crippen molar-refractivity contribution in [2.45, 2.75) is 6.42 Å². The van der Waals surface area contributed by atoms with Crippen molar-refractivity contribution in [3.8, 4) is 0 Å². The Balaban J connectivity index is 2.01. The molecule has 0 bridgehead atoms. The zero-order chi connectivity index (χ0) is 13.1. The SMILES string of the molecule is O=C(c1ccccc1)N1CCC=Cc2ccccc21. The van der Waals surface area contributed by atoms with Crippen LogP contribution in [0.4, 0.5) is 5.69 Å². The topological polar surface area (TPSA) is 20.3 Å². The summed E-state index contributed by atoms with van der Waals surface area (Å²) >= 11 is 0. The fourth-order valence-electron chi connectivity index (χ4n) is 2.36. The lowest BCUT2D eigenvalue weighted by molar-refractivity contribution is 0.0987. The predicted octanol–water partition coefficient (Wildman–Crippen LogP) is 3.75. The van der Waals surface area contributed by atoms with E-state index in [1.54, 1.807) is 0 Å². The average Bonchev–Trinajstić information content (AvgIpc) is 2.70. The van der Waals surface area contributed by atoms with Crippen molar-refractivity contribution in [3.63, 3.8) is 0 Å². The highest BCUT2D eigenvalue weighted by molar-refractivity contribution is 6.07. The summed E-state index contributed by atoms with van der Waals surface area (Å²) in [6.45, 7) is 0.723. The molecule has 1 amide bonds. The van der Waals surface area contributed by atoms with Crippen LogP contribution in [0.2, 0.25) is 0 Å². The van der Waals surface area contributed by atoms with Crippen molar-refractivity contribution < 1.29 is 4.79 Å². The van der Waals surface area contributed by atoms with Crippen LogP contribution in [0.15, 0.2) is 60.7 Å². The molecule has 0 radical (unpaired) electrons. The van der Waals surface area contributed by atoms with Crippen LogP contribution in [0.3, 0.4) is 0 Å². The number of carbonyl (C=O) groups is 1. The van der Waals surface area contributed by atoms with Crippen LogP contribution in [0, 0.1) is 0 Å². The fourth-order valence-corrected chi connectivity index (χ4v) is 2.36. The number of hydrogen-bond acceptors (Lipinski definition) is 1. The van der Waals surface area contributed by atoms with Crippen LogP contribution in [-0.4, -0.2) is 12.5 Å². The Labute approximate surface area is 113 Å². The van der Waals surface area contributed by atoms with Gasteiger partial charge in [-0.3, -0.25) is 4.79 Å². The molecule has 0 aliphatic carbocycles. The number of hydrogen-bond donors (Lipinski definition) is 0. The van der Waals surface area contributed by atoms with E-state index in [1.165, 1.54) is 0 Å². The van der Waals surface area contributed by atoms with Gasteiger partial charge >= 0.3 is 0 Å². The summed E-state index contributed by atoms with van der Waals surface area (Å²) in [5.74, 6) is 0.0664. The number of nitrogens with zero attached hydrogens (tertiary/aromatic N) is 1. The van der Waals surface area contributed by atoms with Gasteiger partial charge in [-0.05, 0) is 30.2 Å². The molecule has 19 heavy (non-hydrogen) atoms. The zero-order valence-electron chi connectivity index (χ0n) is 10.6. The van der Waals surface area contributed by atoms with Crippen LogP contribution in [0.1, 0.15) is 22.3 Å². The highest BCUT2D eigenvalue weighted by atomic mass is 16.2. The summed E-state index contributed by atoms with van der Waals surface area (Å²) in [4.78, 5) is 14.5. The molecule has 0 saturated carbocycles. The highest BCUT2D eigenvalue weighted by Gasteiger charge is 2.19. The van der Waals surface area contributed by atoms with Crippen molar-refractivity contribution in [2.75, 3.05) is 11.4 Å². The van der Waals surface area contributed by atoms with Gasteiger partial charge in [0.2, 0.25) is 0 Å². The van der Waals surface area contributed by atoms with Gasteiger partial charge in [0.15, 0.2) is 0 Å². The summed E-state index contributed by atoms with van der Waals surface area (Å²) in [6.07, 6.45) is 5.10. The van der Waals surface area contributed by atoms with E-state index in [4.69, 9.17) is 0 Å². The number of para-hydroxylation sites is 1. The van der Waals surface area contributed by atoms with E-state index in [0.29, 0.717) is 0 Å². The first kappa shape index (κ1) is 11.7. The minimum Gasteiger partial charge on any atom is -0.307 e. The predicted molar refractivity (Wildman–Crippen MR) is 78.2 cm³/mol. The molecular formula is C17H15NO. The standard InChI is InChI=1S/C17H15NO/c19-17(15-10-2-1-3-11-15)18-13-7-6-9-14-8-4-5-12-16(14)18/h1-6,8-12H,7,13H2. The molecule has 1 aliphatic rings. The molecule has 94 valence electrons. The Morgan fingerprint density at radius 3 is 2.53 bits per heavy atom. The van der Waals surface area contributed by atoms with Crippen LogP contribution >= 0.6 is 0 Å². The number of benzene rings is 2. The first-order valence-corrected chi connectivity index (χ1v) is 6.49. The Morgan fingerprint density at radius 1 is 0.947 bits per heavy atom. The third-order valence-electron chi connectivity index (χ3n) is 3.31. The summed E-state index contributed by atoms with van der Waals surface area (Å²) in [7, 11) is 0. The van der Waals surface area contributed by atoms with Crippen LogP contribution in [-0.2, 0) is 0 Å². The molecule has 2 heteroatoms. The van der Waals surface area contributed by atoms with E-state index in [9.17, 15) is 4.79 Å². The number of rotatable bonds is 1. The number of carbonyl (C=O) groups excluding carboxylic acids is 1. The maximum absolute atomic E-state index is 12.6. The lowest BCUT2D eigenvalue weighted by Gasteiger charge is -2.22. The number of amides is 1. The molecule has 1 aliphatic heterocycles. The summed E-state index contributed by atoms with van der Waals surface area (Å²) in [5.41, 5.74) is 2.83. The Bertz CT molecular complexity index is 616. The number of fused-ring (bicyclic) bond motifs is 1. The largest absolute Gasteiger partial charge is 0.307 e. The summed E-state index contributed by atoms with van der Waals surface area (Å²) < 4.78 is 0. The molecular weight excluding hydrogens is 234 g/mol. The molecule has 0 unspecified atom stereocenters. The van der Waals surface area contributed by atoms with E-state index in [0.717, 1.165) is 29.8 Å². The monoisotopic (exact) mass is 249 g/mol.